The Balaban J connectivity index is 2.05. The van der Waals surface area contributed by atoms with E-state index in [2.05, 4.69) is 28.9 Å². The van der Waals surface area contributed by atoms with E-state index in [1.165, 1.54) is 25.0 Å². The minimum Gasteiger partial charge on any atom is -0.493 e. The van der Waals surface area contributed by atoms with Gasteiger partial charge < -0.3 is 10.1 Å². The lowest BCUT2D eigenvalue weighted by molar-refractivity contribution is 0.227. The number of nitrogens with zero attached hydrogens (tertiary/aromatic N) is 2. The summed E-state index contributed by atoms with van der Waals surface area (Å²) < 4.78 is 7.65. The lowest BCUT2D eigenvalue weighted by atomic mass is 9.71. The average Bonchev–Trinajstić information content (AvgIpc) is 2.77. The van der Waals surface area contributed by atoms with Crippen molar-refractivity contribution in [2.75, 3.05) is 20.2 Å². The van der Waals surface area contributed by atoms with Crippen molar-refractivity contribution in [3.05, 3.63) is 11.9 Å². The fourth-order valence-corrected chi connectivity index (χ4v) is 2.94. The molecule has 1 aliphatic rings. The maximum Gasteiger partial charge on any atom is 0.160 e. The highest BCUT2D eigenvalue weighted by molar-refractivity contribution is 5.31. The van der Waals surface area contributed by atoms with Crippen molar-refractivity contribution in [3.8, 4) is 5.75 Å². The third-order valence-corrected chi connectivity index (χ3v) is 4.10. The molecule has 1 aromatic heterocycles. The lowest BCUT2D eigenvalue weighted by Crippen LogP contribution is -2.35. The van der Waals surface area contributed by atoms with Crippen LogP contribution in [0, 0.1) is 5.92 Å². The molecule has 1 heterocycles. The first-order valence-electron chi connectivity index (χ1n) is 7.62. The molecule has 1 aromatic rings. The molecule has 0 saturated heterocycles. The van der Waals surface area contributed by atoms with Gasteiger partial charge in [0.2, 0.25) is 0 Å². The summed E-state index contributed by atoms with van der Waals surface area (Å²) in [5, 5.41) is 8.03. The third-order valence-electron chi connectivity index (χ3n) is 4.10. The Labute approximate surface area is 116 Å². The molecule has 4 heteroatoms. The van der Waals surface area contributed by atoms with E-state index < -0.39 is 0 Å². The van der Waals surface area contributed by atoms with Crippen LogP contribution < -0.4 is 10.1 Å². The Hall–Kier alpha value is -1.03. The van der Waals surface area contributed by atoms with Gasteiger partial charge in [-0.3, -0.25) is 4.68 Å². The summed E-state index contributed by atoms with van der Waals surface area (Å²) >= 11 is 0. The summed E-state index contributed by atoms with van der Waals surface area (Å²) in [5.41, 5.74) is 1.32. The second-order valence-corrected chi connectivity index (χ2v) is 5.47. The molecule has 1 aliphatic carbocycles. The van der Waals surface area contributed by atoms with Crippen LogP contribution in [0.5, 0.6) is 5.75 Å². The van der Waals surface area contributed by atoms with Crippen molar-refractivity contribution in [3.63, 3.8) is 0 Å². The molecule has 2 atom stereocenters. The molecule has 19 heavy (non-hydrogen) atoms. The smallest absolute Gasteiger partial charge is 0.160 e. The number of rotatable bonds is 8. The molecule has 4 nitrogen and oxygen atoms in total. The summed E-state index contributed by atoms with van der Waals surface area (Å²) in [6, 6.07) is 0. The Bertz CT molecular complexity index is 389. The van der Waals surface area contributed by atoms with Gasteiger partial charge >= 0.3 is 0 Å². The van der Waals surface area contributed by atoms with Crippen LogP contribution in [0.2, 0.25) is 0 Å². The van der Waals surface area contributed by atoms with E-state index >= 15 is 0 Å². The first-order chi connectivity index (χ1) is 9.31. The highest BCUT2D eigenvalue weighted by Crippen LogP contribution is 2.45. The van der Waals surface area contributed by atoms with Gasteiger partial charge in [0, 0.05) is 12.5 Å². The maximum absolute atomic E-state index is 5.50. The predicted octanol–water partition coefficient (Wildman–Crippen LogP) is 2.79. The Morgan fingerprint density at radius 3 is 2.79 bits per heavy atom. The molecule has 0 bridgehead atoms. The molecule has 0 radical (unpaired) electrons. The average molecular weight is 265 g/mol. The topological polar surface area (TPSA) is 39.1 Å². The Kier molecular flexibility index (Phi) is 5.25. The molecule has 0 aliphatic heterocycles. The SMILES string of the molecule is CCCNCC1CCC1c1c(OC)cnn1CCC. The Morgan fingerprint density at radius 1 is 1.37 bits per heavy atom. The molecule has 2 unspecified atom stereocenters. The number of nitrogens with one attached hydrogen (secondary N) is 1. The van der Waals surface area contributed by atoms with Crippen LogP contribution in [-0.2, 0) is 6.54 Å². The number of hydrogen-bond donors (Lipinski definition) is 1. The van der Waals surface area contributed by atoms with Crippen molar-refractivity contribution < 1.29 is 4.74 Å². The highest BCUT2D eigenvalue weighted by Gasteiger charge is 2.36. The summed E-state index contributed by atoms with van der Waals surface area (Å²) in [4.78, 5) is 0. The van der Waals surface area contributed by atoms with Gasteiger partial charge in [-0.2, -0.15) is 5.10 Å². The first-order valence-corrected chi connectivity index (χ1v) is 7.62. The standard InChI is InChI=1S/C15H27N3O/c1-4-8-16-10-12-6-7-13(12)15-14(19-3)11-17-18(15)9-5-2/h11-13,16H,4-10H2,1-3H3. The van der Waals surface area contributed by atoms with Gasteiger partial charge in [-0.15, -0.1) is 0 Å². The zero-order valence-electron chi connectivity index (χ0n) is 12.5. The van der Waals surface area contributed by atoms with Crippen LogP contribution >= 0.6 is 0 Å². The van der Waals surface area contributed by atoms with Gasteiger partial charge in [0.25, 0.3) is 0 Å². The largest absolute Gasteiger partial charge is 0.493 e. The van der Waals surface area contributed by atoms with E-state index in [-0.39, 0.29) is 0 Å². The molecule has 1 N–H and O–H groups in total. The minimum atomic E-state index is 0.619. The van der Waals surface area contributed by atoms with Crippen molar-refractivity contribution >= 4 is 0 Å². The van der Waals surface area contributed by atoms with Crippen molar-refractivity contribution in [2.24, 2.45) is 5.92 Å². The van der Waals surface area contributed by atoms with Crippen LogP contribution in [0.3, 0.4) is 0 Å². The monoisotopic (exact) mass is 265 g/mol. The molecule has 1 saturated carbocycles. The van der Waals surface area contributed by atoms with Crippen molar-refractivity contribution in [2.45, 2.75) is 52.0 Å². The molecular weight excluding hydrogens is 238 g/mol. The van der Waals surface area contributed by atoms with Gasteiger partial charge in [0.05, 0.1) is 19.0 Å². The molecule has 0 aromatic carbocycles. The quantitative estimate of drug-likeness (QED) is 0.735. The number of aryl methyl sites for hydroxylation is 1. The van der Waals surface area contributed by atoms with Gasteiger partial charge in [-0.05, 0) is 44.7 Å². The third kappa shape index (κ3) is 3.11. The second kappa shape index (κ2) is 6.94. The van der Waals surface area contributed by atoms with E-state index in [0.29, 0.717) is 5.92 Å². The highest BCUT2D eigenvalue weighted by atomic mass is 16.5. The summed E-state index contributed by atoms with van der Waals surface area (Å²) in [6.45, 7) is 7.64. The van der Waals surface area contributed by atoms with Crippen LogP contribution in [0.15, 0.2) is 6.20 Å². The number of aromatic nitrogens is 2. The predicted molar refractivity (Wildman–Crippen MR) is 77.7 cm³/mol. The first kappa shape index (κ1) is 14.4. The molecule has 0 amide bonds. The summed E-state index contributed by atoms with van der Waals surface area (Å²) in [7, 11) is 1.75. The van der Waals surface area contributed by atoms with Crippen molar-refractivity contribution in [1.82, 2.24) is 15.1 Å². The lowest BCUT2D eigenvalue weighted by Gasteiger charge is -2.37. The molecule has 108 valence electrons. The molecule has 1 fully saturated rings. The van der Waals surface area contributed by atoms with Gasteiger partial charge in [-0.25, -0.2) is 0 Å². The van der Waals surface area contributed by atoms with E-state index in [0.717, 1.165) is 37.7 Å². The van der Waals surface area contributed by atoms with E-state index in [1.54, 1.807) is 7.11 Å². The normalized spacial score (nSPS) is 22.3. The van der Waals surface area contributed by atoms with E-state index in [1.807, 2.05) is 6.20 Å². The molecule has 0 spiro atoms. The summed E-state index contributed by atoms with van der Waals surface area (Å²) in [6.07, 6.45) is 6.78. The second-order valence-electron chi connectivity index (χ2n) is 5.47. The number of hydrogen-bond acceptors (Lipinski definition) is 3. The summed E-state index contributed by atoms with van der Waals surface area (Å²) in [5.74, 6) is 2.33. The zero-order chi connectivity index (χ0) is 13.7. The van der Waals surface area contributed by atoms with Gasteiger partial charge in [0.15, 0.2) is 5.75 Å². The van der Waals surface area contributed by atoms with E-state index in [9.17, 15) is 0 Å². The fourth-order valence-electron chi connectivity index (χ4n) is 2.94. The Morgan fingerprint density at radius 2 is 2.21 bits per heavy atom. The van der Waals surface area contributed by atoms with Crippen LogP contribution in [-0.4, -0.2) is 30.0 Å². The molecule has 2 rings (SSSR count). The molecular formula is C15H27N3O. The zero-order valence-corrected chi connectivity index (χ0v) is 12.5. The van der Waals surface area contributed by atoms with Crippen molar-refractivity contribution in [1.29, 1.82) is 0 Å². The van der Waals surface area contributed by atoms with Crippen LogP contribution in [0.4, 0.5) is 0 Å². The van der Waals surface area contributed by atoms with Gasteiger partial charge in [-0.1, -0.05) is 13.8 Å². The number of ether oxygens (including phenoxy) is 1. The fraction of sp³-hybridized carbons (Fsp3) is 0.800. The van der Waals surface area contributed by atoms with Crippen LogP contribution in [0.25, 0.3) is 0 Å². The van der Waals surface area contributed by atoms with E-state index in [4.69, 9.17) is 4.74 Å². The number of methoxy groups -OCH3 is 1. The minimum absolute atomic E-state index is 0.619. The maximum atomic E-state index is 5.50. The van der Waals surface area contributed by atoms with Crippen LogP contribution in [0.1, 0.15) is 51.1 Å². The van der Waals surface area contributed by atoms with Gasteiger partial charge in [0.1, 0.15) is 0 Å².